The Balaban J connectivity index is 1.41. The van der Waals surface area contributed by atoms with Crippen molar-refractivity contribution in [1.82, 2.24) is 14.8 Å². The third-order valence-electron chi connectivity index (χ3n) is 7.07. The van der Waals surface area contributed by atoms with Gasteiger partial charge in [0.2, 0.25) is 5.95 Å². The van der Waals surface area contributed by atoms with Gasteiger partial charge in [-0.25, -0.2) is 9.67 Å². The molecule has 2 aliphatic carbocycles. The van der Waals surface area contributed by atoms with Crippen LogP contribution in [-0.2, 0) is 6.42 Å². The SMILES string of the molecule is Cc1ccc(-n2ncc3c2C=C2CC[C@H](C[C@@H](O)c4ccc(F)nc4)[C@@]2(C)C3)cc1. The highest BCUT2D eigenvalue weighted by molar-refractivity contribution is 5.62. The van der Waals surface area contributed by atoms with Gasteiger partial charge in [0.1, 0.15) is 0 Å². The number of nitrogens with zero attached hydrogens (tertiary/aromatic N) is 3. The second-order valence-electron chi connectivity index (χ2n) is 8.97. The molecule has 4 nitrogen and oxygen atoms in total. The fourth-order valence-corrected chi connectivity index (χ4v) is 5.19. The van der Waals surface area contributed by atoms with Gasteiger partial charge in [0.05, 0.1) is 23.7 Å². The van der Waals surface area contributed by atoms with E-state index in [4.69, 9.17) is 0 Å². The Morgan fingerprint density at radius 1 is 1.20 bits per heavy atom. The van der Waals surface area contributed by atoms with Crippen LogP contribution in [0.5, 0.6) is 0 Å². The first-order valence-electron chi connectivity index (χ1n) is 10.6. The van der Waals surface area contributed by atoms with Gasteiger partial charge in [-0.1, -0.05) is 36.3 Å². The van der Waals surface area contributed by atoms with E-state index >= 15 is 0 Å². The highest BCUT2D eigenvalue weighted by Crippen LogP contribution is 2.55. The van der Waals surface area contributed by atoms with Crippen molar-refractivity contribution in [3.8, 4) is 5.69 Å². The maximum atomic E-state index is 13.1. The highest BCUT2D eigenvalue weighted by atomic mass is 19.1. The lowest BCUT2D eigenvalue weighted by atomic mass is 9.68. The Kier molecular flexibility index (Phi) is 4.58. The molecule has 2 aliphatic rings. The van der Waals surface area contributed by atoms with E-state index in [2.05, 4.69) is 54.3 Å². The van der Waals surface area contributed by atoms with Crippen LogP contribution in [0.25, 0.3) is 11.8 Å². The molecule has 2 heterocycles. The van der Waals surface area contributed by atoms with Gasteiger partial charge in [-0.3, -0.25) is 0 Å². The van der Waals surface area contributed by atoms with E-state index < -0.39 is 12.1 Å². The smallest absolute Gasteiger partial charge is 0.212 e. The predicted octanol–water partition coefficient (Wildman–Crippen LogP) is 5.19. The number of benzene rings is 1. The number of fused-ring (bicyclic) bond motifs is 2. The van der Waals surface area contributed by atoms with Crippen LogP contribution in [0.3, 0.4) is 0 Å². The lowest BCUT2D eigenvalue weighted by molar-refractivity contribution is 0.112. The van der Waals surface area contributed by atoms with E-state index in [-0.39, 0.29) is 5.41 Å². The zero-order valence-electron chi connectivity index (χ0n) is 17.3. The van der Waals surface area contributed by atoms with Crippen LogP contribution < -0.4 is 0 Å². The minimum atomic E-state index is -0.629. The van der Waals surface area contributed by atoms with Crippen molar-refractivity contribution in [3.63, 3.8) is 0 Å². The van der Waals surface area contributed by atoms with Gasteiger partial charge < -0.3 is 5.11 Å². The predicted molar refractivity (Wildman–Crippen MR) is 115 cm³/mol. The average molecular weight is 404 g/mol. The van der Waals surface area contributed by atoms with Gasteiger partial charge in [-0.05, 0) is 79.3 Å². The first-order valence-corrected chi connectivity index (χ1v) is 10.6. The molecule has 3 aromatic rings. The molecule has 154 valence electrons. The zero-order chi connectivity index (χ0) is 20.9. The van der Waals surface area contributed by atoms with Gasteiger partial charge in [0.15, 0.2) is 0 Å². The molecular formula is C25H26FN3O. The lowest BCUT2D eigenvalue weighted by Gasteiger charge is -2.37. The van der Waals surface area contributed by atoms with Crippen molar-refractivity contribution in [3.05, 3.63) is 82.7 Å². The Morgan fingerprint density at radius 3 is 2.73 bits per heavy atom. The number of aryl methyl sites for hydroxylation is 1. The molecule has 0 bridgehead atoms. The van der Waals surface area contributed by atoms with Crippen LogP contribution >= 0.6 is 0 Å². The Hall–Kier alpha value is -2.79. The molecule has 0 spiro atoms. The summed E-state index contributed by atoms with van der Waals surface area (Å²) in [7, 11) is 0. The van der Waals surface area contributed by atoms with Crippen LogP contribution in [0.1, 0.15) is 54.7 Å². The summed E-state index contributed by atoms with van der Waals surface area (Å²) in [5, 5.41) is 15.4. The van der Waals surface area contributed by atoms with E-state index in [1.54, 1.807) is 6.07 Å². The van der Waals surface area contributed by atoms with Gasteiger partial charge in [-0.15, -0.1) is 0 Å². The van der Waals surface area contributed by atoms with Gasteiger partial charge in [0, 0.05) is 6.20 Å². The standard InChI is InChI=1S/C25H26FN3O/c1-16-3-8-21(9-4-16)29-22-11-19-6-7-20(25(19,2)13-18(22)15-28-29)12-23(30)17-5-10-24(26)27-14-17/h3-5,8-11,14-15,20,23,30H,6-7,12-13H2,1-2H3/t20-,23-,25+/m1/s1. The number of rotatable bonds is 4. The van der Waals surface area contributed by atoms with Gasteiger partial charge >= 0.3 is 0 Å². The quantitative estimate of drug-likeness (QED) is 0.610. The van der Waals surface area contributed by atoms with E-state index in [0.717, 1.165) is 24.9 Å². The fraction of sp³-hybridized carbons (Fsp3) is 0.360. The van der Waals surface area contributed by atoms with Crippen molar-refractivity contribution in [2.45, 2.75) is 45.6 Å². The number of allylic oxidation sites excluding steroid dienone is 1. The molecule has 1 saturated carbocycles. The molecule has 3 atom stereocenters. The number of aliphatic hydroxyl groups excluding tert-OH is 1. The molecule has 0 aliphatic heterocycles. The van der Waals surface area contributed by atoms with Crippen molar-refractivity contribution in [2.75, 3.05) is 0 Å². The molecule has 0 amide bonds. The minimum absolute atomic E-state index is 0.0164. The average Bonchev–Trinajstić information content (AvgIpc) is 3.27. The number of hydrogen-bond acceptors (Lipinski definition) is 3. The van der Waals surface area contributed by atoms with E-state index in [1.807, 2.05) is 10.9 Å². The molecule has 1 fully saturated rings. The number of aliphatic hydroxyl groups is 1. The van der Waals surface area contributed by atoms with E-state index in [1.165, 1.54) is 34.7 Å². The summed E-state index contributed by atoms with van der Waals surface area (Å²) >= 11 is 0. The summed E-state index contributed by atoms with van der Waals surface area (Å²) in [5.41, 5.74) is 6.89. The van der Waals surface area contributed by atoms with Crippen LogP contribution in [0.2, 0.25) is 0 Å². The molecule has 1 N–H and O–H groups in total. The molecule has 0 saturated heterocycles. The largest absolute Gasteiger partial charge is 0.388 e. The summed E-state index contributed by atoms with van der Waals surface area (Å²) in [6, 6.07) is 11.4. The van der Waals surface area contributed by atoms with Crippen molar-refractivity contribution in [2.24, 2.45) is 11.3 Å². The molecule has 1 aromatic carbocycles. The van der Waals surface area contributed by atoms with Crippen molar-refractivity contribution in [1.29, 1.82) is 0 Å². The van der Waals surface area contributed by atoms with Gasteiger partial charge in [-0.2, -0.15) is 9.49 Å². The summed E-state index contributed by atoms with van der Waals surface area (Å²) in [6.07, 6.45) is 8.79. The number of halogens is 1. The van der Waals surface area contributed by atoms with E-state index in [9.17, 15) is 9.50 Å². The maximum Gasteiger partial charge on any atom is 0.212 e. The third-order valence-corrected chi connectivity index (χ3v) is 7.07. The molecule has 5 rings (SSSR count). The highest BCUT2D eigenvalue weighted by Gasteiger charge is 2.46. The van der Waals surface area contributed by atoms with Crippen molar-refractivity contribution >= 4 is 6.08 Å². The summed E-state index contributed by atoms with van der Waals surface area (Å²) in [5.74, 6) is -0.158. The molecule has 5 heteroatoms. The second kappa shape index (κ2) is 7.17. The first-order chi connectivity index (χ1) is 14.4. The fourth-order valence-electron chi connectivity index (χ4n) is 5.19. The molecular weight excluding hydrogens is 377 g/mol. The van der Waals surface area contributed by atoms with Gasteiger partial charge in [0.25, 0.3) is 0 Å². The van der Waals surface area contributed by atoms with Crippen molar-refractivity contribution < 1.29 is 9.50 Å². The molecule has 0 unspecified atom stereocenters. The number of aromatic nitrogens is 3. The summed E-state index contributed by atoms with van der Waals surface area (Å²) in [6.45, 7) is 4.41. The number of hydrogen-bond donors (Lipinski definition) is 1. The second-order valence-corrected chi connectivity index (χ2v) is 8.97. The Morgan fingerprint density at radius 2 is 2.00 bits per heavy atom. The first kappa shape index (κ1) is 19.2. The van der Waals surface area contributed by atoms with Crippen LogP contribution in [0.4, 0.5) is 4.39 Å². The summed E-state index contributed by atoms with van der Waals surface area (Å²) in [4.78, 5) is 3.69. The Labute approximate surface area is 176 Å². The lowest BCUT2D eigenvalue weighted by Crippen LogP contribution is -2.30. The Bertz CT molecular complexity index is 1100. The molecule has 0 radical (unpaired) electrons. The molecule has 30 heavy (non-hydrogen) atoms. The van der Waals surface area contributed by atoms with Crippen LogP contribution in [0.15, 0.2) is 54.4 Å². The third kappa shape index (κ3) is 3.18. The topological polar surface area (TPSA) is 50.9 Å². The molecule has 2 aromatic heterocycles. The van der Waals surface area contributed by atoms with Crippen LogP contribution in [-0.4, -0.2) is 19.9 Å². The zero-order valence-corrected chi connectivity index (χ0v) is 17.3. The monoisotopic (exact) mass is 403 g/mol. The van der Waals surface area contributed by atoms with E-state index in [0.29, 0.717) is 17.9 Å². The maximum absolute atomic E-state index is 13.1. The summed E-state index contributed by atoms with van der Waals surface area (Å²) < 4.78 is 15.1. The normalized spacial score (nSPS) is 23.6. The minimum Gasteiger partial charge on any atom is -0.388 e. The number of pyridine rings is 1. The van der Waals surface area contributed by atoms with Crippen LogP contribution in [0, 0.1) is 24.2 Å².